The van der Waals surface area contributed by atoms with Crippen molar-refractivity contribution in [3.05, 3.63) is 51.5 Å². The Balaban J connectivity index is 1.88. The molecule has 1 aliphatic rings. The van der Waals surface area contributed by atoms with E-state index in [-0.39, 0.29) is 6.04 Å². The highest BCUT2D eigenvalue weighted by Gasteiger charge is 2.20. The maximum Gasteiger partial charge on any atom is 0.125 e. The summed E-state index contributed by atoms with van der Waals surface area (Å²) in [5.41, 5.74) is 9.53. The highest BCUT2D eigenvalue weighted by atomic mass is 79.9. The minimum absolute atomic E-state index is 0.153. The van der Waals surface area contributed by atoms with Crippen LogP contribution in [-0.2, 0) is 12.8 Å². The molecule has 1 aromatic carbocycles. The molecule has 0 aliphatic carbocycles. The molecular weight excluding hydrogens is 318 g/mol. The number of fused-ring (bicyclic) bond motifs is 1. The summed E-state index contributed by atoms with van der Waals surface area (Å²) < 4.78 is 6.81. The molecule has 0 saturated heterocycles. The summed E-state index contributed by atoms with van der Waals surface area (Å²) in [6, 6.07) is 5.92. The standard InChI is InChI=1S/C15H16BrN3O/c1-9-18-4-2-14(19-9)13(17)8-11-7-12(16)6-10-3-5-20-15(10)11/h2,4,6-7,13H,3,5,8,17H2,1H3. The molecule has 0 saturated carbocycles. The second-order valence-electron chi connectivity index (χ2n) is 4.99. The number of hydrogen-bond acceptors (Lipinski definition) is 4. The summed E-state index contributed by atoms with van der Waals surface area (Å²) in [6.45, 7) is 2.62. The molecule has 20 heavy (non-hydrogen) atoms. The number of aromatic nitrogens is 2. The van der Waals surface area contributed by atoms with E-state index in [0.717, 1.165) is 40.3 Å². The first-order valence-corrected chi connectivity index (χ1v) is 7.42. The van der Waals surface area contributed by atoms with E-state index in [9.17, 15) is 0 Å². The molecule has 4 nitrogen and oxygen atoms in total. The van der Waals surface area contributed by atoms with Crippen LogP contribution >= 0.6 is 15.9 Å². The first kappa shape index (κ1) is 13.5. The van der Waals surface area contributed by atoms with Gasteiger partial charge in [0.2, 0.25) is 0 Å². The minimum Gasteiger partial charge on any atom is -0.493 e. The van der Waals surface area contributed by atoms with Crippen molar-refractivity contribution < 1.29 is 4.74 Å². The molecule has 0 bridgehead atoms. The number of ether oxygens (including phenoxy) is 1. The van der Waals surface area contributed by atoms with E-state index in [0.29, 0.717) is 6.42 Å². The lowest BCUT2D eigenvalue weighted by molar-refractivity contribution is 0.352. The number of hydrogen-bond donors (Lipinski definition) is 1. The molecule has 1 aromatic heterocycles. The van der Waals surface area contributed by atoms with Crippen molar-refractivity contribution in [1.82, 2.24) is 9.97 Å². The Morgan fingerprint density at radius 3 is 3.10 bits per heavy atom. The lowest BCUT2D eigenvalue weighted by Gasteiger charge is -2.14. The largest absolute Gasteiger partial charge is 0.493 e. The molecule has 104 valence electrons. The maximum absolute atomic E-state index is 6.28. The Labute approximate surface area is 126 Å². The van der Waals surface area contributed by atoms with Gasteiger partial charge in [-0.25, -0.2) is 9.97 Å². The van der Waals surface area contributed by atoms with Gasteiger partial charge in [-0.15, -0.1) is 0 Å². The Morgan fingerprint density at radius 2 is 2.30 bits per heavy atom. The average molecular weight is 334 g/mol. The van der Waals surface area contributed by atoms with E-state index in [1.807, 2.05) is 13.0 Å². The zero-order chi connectivity index (χ0) is 14.1. The molecule has 5 heteroatoms. The van der Waals surface area contributed by atoms with Gasteiger partial charge in [-0.2, -0.15) is 0 Å². The Hall–Kier alpha value is -1.46. The van der Waals surface area contributed by atoms with Crippen LogP contribution in [0, 0.1) is 6.92 Å². The molecule has 2 aromatic rings. The lowest BCUT2D eigenvalue weighted by Crippen LogP contribution is -2.16. The van der Waals surface area contributed by atoms with Crippen molar-refractivity contribution in [1.29, 1.82) is 0 Å². The monoisotopic (exact) mass is 333 g/mol. The summed E-state index contributed by atoms with van der Waals surface area (Å²) >= 11 is 3.55. The first-order valence-electron chi connectivity index (χ1n) is 6.62. The van der Waals surface area contributed by atoms with Crippen molar-refractivity contribution in [2.75, 3.05) is 6.61 Å². The van der Waals surface area contributed by atoms with Gasteiger partial charge in [0.15, 0.2) is 0 Å². The molecule has 2 N–H and O–H groups in total. The molecule has 0 fully saturated rings. The van der Waals surface area contributed by atoms with Crippen LogP contribution in [0.2, 0.25) is 0 Å². The van der Waals surface area contributed by atoms with Crippen LogP contribution in [0.25, 0.3) is 0 Å². The van der Waals surface area contributed by atoms with Gasteiger partial charge in [-0.1, -0.05) is 15.9 Å². The van der Waals surface area contributed by atoms with Crippen molar-refractivity contribution in [3.8, 4) is 5.75 Å². The van der Waals surface area contributed by atoms with Gasteiger partial charge in [0, 0.05) is 17.1 Å². The van der Waals surface area contributed by atoms with E-state index in [1.165, 1.54) is 5.56 Å². The second kappa shape index (κ2) is 5.50. The number of rotatable bonds is 3. The Bertz CT molecular complexity index is 645. The van der Waals surface area contributed by atoms with E-state index in [1.54, 1.807) is 6.20 Å². The summed E-state index contributed by atoms with van der Waals surface area (Å²) in [5.74, 6) is 1.74. The molecule has 3 rings (SSSR count). The van der Waals surface area contributed by atoms with Gasteiger partial charge in [0.25, 0.3) is 0 Å². The number of aryl methyl sites for hydroxylation is 1. The van der Waals surface area contributed by atoms with Crippen molar-refractivity contribution in [3.63, 3.8) is 0 Å². The summed E-state index contributed by atoms with van der Waals surface area (Å²) in [4.78, 5) is 8.50. The van der Waals surface area contributed by atoms with E-state index in [4.69, 9.17) is 10.5 Å². The van der Waals surface area contributed by atoms with Crippen LogP contribution in [-0.4, -0.2) is 16.6 Å². The quantitative estimate of drug-likeness (QED) is 0.938. The normalized spacial score (nSPS) is 14.8. The fourth-order valence-electron chi connectivity index (χ4n) is 2.52. The predicted molar refractivity (Wildman–Crippen MR) is 80.7 cm³/mol. The zero-order valence-corrected chi connectivity index (χ0v) is 12.9. The molecule has 0 amide bonds. The lowest BCUT2D eigenvalue weighted by atomic mass is 10.0. The van der Waals surface area contributed by atoms with Crippen LogP contribution in [0.3, 0.4) is 0 Å². The van der Waals surface area contributed by atoms with Gasteiger partial charge < -0.3 is 10.5 Å². The van der Waals surface area contributed by atoms with Crippen LogP contribution < -0.4 is 10.5 Å². The number of benzene rings is 1. The fourth-order valence-corrected chi connectivity index (χ4v) is 3.07. The van der Waals surface area contributed by atoms with Crippen LogP contribution in [0.1, 0.15) is 28.7 Å². The fraction of sp³-hybridized carbons (Fsp3) is 0.333. The van der Waals surface area contributed by atoms with Crippen LogP contribution in [0.5, 0.6) is 5.75 Å². The molecule has 1 unspecified atom stereocenters. The summed E-state index contributed by atoms with van der Waals surface area (Å²) in [7, 11) is 0. The van der Waals surface area contributed by atoms with Crippen molar-refractivity contribution in [2.24, 2.45) is 5.73 Å². The molecular formula is C15H16BrN3O. The second-order valence-corrected chi connectivity index (χ2v) is 5.91. The number of nitrogens with two attached hydrogens (primary N) is 1. The van der Waals surface area contributed by atoms with E-state index in [2.05, 4.69) is 38.0 Å². The van der Waals surface area contributed by atoms with Gasteiger partial charge in [-0.3, -0.25) is 0 Å². The van der Waals surface area contributed by atoms with Crippen LogP contribution in [0.15, 0.2) is 28.9 Å². The highest BCUT2D eigenvalue weighted by Crippen LogP contribution is 2.34. The minimum atomic E-state index is -0.153. The van der Waals surface area contributed by atoms with Gasteiger partial charge in [-0.05, 0) is 42.7 Å². The number of halogens is 1. The number of nitrogens with zero attached hydrogens (tertiary/aromatic N) is 2. The maximum atomic E-state index is 6.28. The van der Waals surface area contributed by atoms with Gasteiger partial charge in [0.05, 0.1) is 18.3 Å². The van der Waals surface area contributed by atoms with Gasteiger partial charge >= 0.3 is 0 Å². The van der Waals surface area contributed by atoms with E-state index >= 15 is 0 Å². The van der Waals surface area contributed by atoms with Crippen LogP contribution in [0.4, 0.5) is 0 Å². The SMILES string of the molecule is Cc1nccc(C(N)Cc2cc(Br)cc3c2OCC3)n1. The van der Waals surface area contributed by atoms with Crippen molar-refractivity contribution in [2.45, 2.75) is 25.8 Å². The smallest absolute Gasteiger partial charge is 0.125 e. The topological polar surface area (TPSA) is 61.0 Å². The molecule has 1 atom stereocenters. The Kier molecular flexibility index (Phi) is 3.72. The van der Waals surface area contributed by atoms with Crippen molar-refractivity contribution >= 4 is 15.9 Å². The third-order valence-electron chi connectivity index (χ3n) is 3.44. The predicted octanol–water partition coefficient (Wildman–Crippen LogP) is 2.72. The molecule has 1 aliphatic heterocycles. The molecule has 2 heterocycles. The Morgan fingerprint density at radius 1 is 1.45 bits per heavy atom. The highest BCUT2D eigenvalue weighted by molar-refractivity contribution is 9.10. The third-order valence-corrected chi connectivity index (χ3v) is 3.90. The zero-order valence-electron chi connectivity index (χ0n) is 11.3. The summed E-state index contributed by atoms with van der Waals surface area (Å²) in [6.07, 6.45) is 3.42. The first-order chi connectivity index (χ1) is 9.63. The molecule has 0 spiro atoms. The van der Waals surface area contributed by atoms with Gasteiger partial charge in [0.1, 0.15) is 11.6 Å². The van der Waals surface area contributed by atoms with E-state index < -0.39 is 0 Å². The average Bonchev–Trinajstić information content (AvgIpc) is 2.86. The third kappa shape index (κ3) is 2.69. The molecule has 0 radical (unpaired) electrons. The summed E-state index contributed by atoms with van der Waals surface area (Å²) in [5, 5.41) is 0.